The molecule has 2 heterocycles. The molecule has 1 aliphatic rings. The van der Waals surface area contributed by atoms with Gasteiger partial charge in [0.05, 0.1) is 5.69 Å². The molecule has 0 bridgehead atoms. The third kappa shape index (κ3) is 3.08. The molecule has 0 radical (unpaired) electrons. The molecule has 0 saturated carbocycles. The molecule has 0 unspecified atom stereocenters. The van der Waals surface area contributed by atoms with E-state index in [9.17, 15) is 0 Å². The maximum atomic E-state index is 4.93. The zero-order chi connectivity index (χ0) is 14.7. The van der Waals surface area contributed by atoms with E-state index in [1.807, 2.05) is 0 Å². The Balaban J connectivity index is 2.04. The van der Waals surface area contributed by atoms with Crippen LogP contribution in [0.3, 0.4) is 0 Å². The highest BCUT2D eigenvalue weighted by atomic mass is 15.2. The Morgan fingerprint density at radius 3 is 2.95 bits per heavy atom. The third-order valence-electron chi connectivity index (χ3n) is 3.96. The molecule has 1 N–H and O–H groups in total. The SMILES string of the molecule is CCNCc1cc2ccccc2c(N2CCC=C(C)C2)n1. The van der Waals surface area contributed by atoms with Crippen LogP contribution in [0, 0.1) is 0 Å². The molecule has 3 heteroatoms. The predicted octanol–water partition coefficient (Wildman–Crippen LogP) is 3.50. The average molecular weight is 281 g/mol. The number of nitrogens with zero attached hydrogens (tertiary/aromatic N) is 2. The molecule has 0 aliphatic carbocycles. The number of anilines is 1. The van der Waals surface area contributed by atoms with Crippen LogP contribution >= 0.6 is 0 Å². The summed E-state index contributed by atoms with van der Waals surface area (Å²) in [5, 5.41) is 5.91. The van der Waals surface area contributed by atoms with Gasteiger partial charge in [0.25, 0.3) is 0 Å². The smallest absolute Gasteiger partial charge is 0.137 e. The number of pyridine rings is 1. The highest BCUT2D eigenvalue weighted by Gasteiger charge is 2.15. The summed E-state index contributed by atoms with van der Waals surface area (Å²) in [6.07, 6.45) is 3.44. The summed E-state index contributed by atoms with van der Waals surface area (Å²) in [6, 6.07) is 10.8. The van der Waals surface area contributed by atoms with Crippen LogP contribution in [-0.4, -0.2) is 24.6 Å². The first kappa shape index (κ1) is 14.1. The van der Waals surface area contributed by atoms with Gasteiger partial charge in [0.1, 0.15) is 5.82 Å². The third-order valence-corrected chi connectivity index (χ3v) is 3.96. The lowest BCUT2D eigenvalue weighted by molar-refractivity contribution is 0.706. The maximum absolute atomic E-state index is 4.93. The first-order valence-electron chi connectivity index (χ1n) is 7.78. The van der Waals surface area contributed by atoms with Gasteiger partial charge < -0.3 is 10.2 Å². The molecule has 2 aromatic rings. The Morgan fingerprint density at radius 1 is 1.29 bits per heavy atom. The first-order valence-corrected chi connectivity index (χ1v) is 7.78. The van der Waals surface area contributed by atoms with Crippen LogP contribution in [0.4, 0.5) is 5.82 Å². The number of aromatic nitrogens is 1. The van der Waals surface area contributed by atoms with E-state index in [1.54, 1.807) is 0 Å². The molecule has 0 spiro atoms. The molecule has 0 saturated heterocycles. The Labute approximate surface area is 126 Å². The van der Waals surface area contributed by atoms with Crippen LogP contribution in [0.1, 0.15) is 26.0 Å². The van der Waals surface area contributed by atoms with Gasteiger partial charge in [0.15, 0.2) is 0 Å². The zero-order valence-corrected chi connectivity index (χ0v) is 12.9. The predicted molar refractivity (Wildman–Crippen MR) is 89.7 cm³/mol. The summed E-state index contributed by atoms with van der Waals surface area (Å²) in [7, 11) is 0. The topological polar surface area (TPSA) is 28.2 Å². The number of hydrogen-bond acceptors (Lipinski definition) is 3. The number of fused-ring (bicyclic) bond motifs is 1. The van der Waals surface area contributed by atoms with Crippen molar-refractivity contribution in [3.8, 4) is 0 Å². The van der Waals surface area contributed by atoms with E-state index >= 15 is 0 Å². The van der Waals surface area contributed by atoms with Crippen molar-refractivity contribution < 1.29 is 0 Å². The molecule has 1 aliphatic heterocycles. The lowest BCUT2D eigenvalue weighted by Gasteiger charge is -2.28. The van der Waals surface area contributed by atoms with Crippen LogP contribution in [-0.2, 0) is 6.54 Å². The van der Waals surface area contributed by atoms with Gasteiger partial charge in [-0.1, -0.05) is 42.8 Å². The largest absolute Gasteiger partial charge is 0.352 e. The van der Waals surface area contributed by atoms with E-state index in [0.29, 0.717) is 0 Å². The Kier molecular flexibility index (Phi) is 4.20. The molecule has 0 amide bonds. The van der Waals surface area contributed by atoms with Gasteiger partial charge in [0, 0.05) is 25.0 Å². The average Bonchev–Trinajstić information content (AvgIpc) is 2.52. The van der Waals surface area contributed by atoms with Crippen LogP contribution in [0.5, 0.6) is 0 Å². The Hall–Kier alpha value is -1.87. The van der Waals surface area contributed by atoms with E-state index in [2.05, 4.69) is 60.5 Å². The fourth-order valence-electron chi connectivity index (χ4n) is 2.91. The highest BCUT2D eigenvalue weighted by molar-refractivity contribution is 5.92. The normalized spacial score (nSPS) is 15.3. The lowest BCUT2D eigenvalue weighted by atomic mass is 10.1. The van der Waals surface area contributed by atoms with Crippen molar-refractivity contribution >= 4 is 16.6 Å². The minimum atomic E-state index is 0.830. The fraction of sp³-hybridized carbons (Fsp3) is 0.389. The fourth-order valence-corrected chi connectivity index (χ4v) is 2.91. The second-order valence-electron chi connectivity index (χ2n) is 5.70. The molecule has 1 aromatic carbocycles. The lowest BCUT2D eigenvalue weighted by Crippen LogP contribution is -2.30. The van der Waals surface area contributed by atoms with Crippen LogP contribution in [0.15, 0.2) is 42.0 Å². The van der Waals surface area contributed by atoms with Gasteiger partial charge in [-0.2, -0.15) is 0 Å². The molecule has 3 rings (SSSR count). The van der Waals surface area contributed by atoms with Crippen molar-refractivity contribution in [2.45, 2.75) is 26.8 Å². The summed E-state index contributed by atoms with van der Waals surface area (Å²) in [5.41, 5.74) is 2.56. The van der Waals surface area contributed by atoms with Crippen molar-refractivity contribution in [2.75, 3.05) is 24.5 Å². The second kappa shape index (κ2) is 6.27. The Bertz CT molecular complexity index is 661. The van der Waals surface area contributed by atoms with Crippen LogP contribution < -0.4 is 10.2 Å². The zero-order valence-electron chi connectivity index (χ0n) is 12.9. The summed E-state index contributed by atoms with van der Waals surface area (Å²) in [6.45, 7) is 8.17. The number of benzene rings is 1. The first-order chi connectivity index (χ1) is 10.3. The number of hydrogen-bond donors (Lipinski definition) is 1. The minimum Gasteiger partial charge on any atom is -0.352 e. The number of rotatable bonds is 4. The van der Waals surface area contributed by atoms with Crippen LogP contribution in [0.2, 0.25) is 0 Å². The van der Waals surface area contributed by atoms with Gasteiger partial charge in [-0.15, -0.1) is 0 Å². The van der Waals surface area contributed by atoms with E-state index in [4.69, 9.17) is 4.98 Å². The molecule has 3 nitrogen and oxygen atoms in total. The van der Waals surface area contributed by atoms with Gasteiger partial charge in [0.2, 0.25) is 0 Å². The van der Waals surface area contributed by atoms with E-state index < -0.39 is 0 Å². The molecule has 110 valence electrons. The van der Waals surface area contributed by atoms with E-state index in [-0.39, 0.29) is 0 Å². The standard InChI is InChI=1S/C18H23N3/c1-3-19-12-16-11-15-8-4-5-9-17(15)18(20-16)21-10-6-7-14(2)13-21/h4-5,7-9,11,19H,3,6,10,12-13H2,1-2H3. The molecular weight excluding hydrogens is 258 g/mol. The quantitative estimate of drug-likeness (QED) is 0.869. The van der Waals surface area contributed by atoms with Gasteiger partial charge in [-0.25, -0.2) is 4.98 Å². The van der Waals surface area contributed by atoms with Gasteiger partial charge in [-0.3, -0.25) is 0 Å². The van der Waals surface area contributed by atoms with E-state index in [1.165, 1.54) is 16.3 Å². The minimum absolute atomic E-state index is 0.830. The molecule has 21 heavy (non-hydrogen) atoms. The highest BCUT2D eigenvalue weighted by Crippen LogP contribution is 2.28. The van der Waals surface area contributed by atoms with Gasteiger partial charge >= 0.3 is 0 Å². The number of nitrogens with one attached hydrogen (secondary N) is 1. The van der Waals surface area contributed by atoms with Crippen molar-refractivity contribution in [3.05, 3.63) is 47.7 Å². The summed E-state index contributed by atoms with van der Waals surface area (Å²) < 4.78 is 0. The molecule has 0 fully saturated rings. The van der Waals surface area contributed by atoms with E-state index in [0.717, 1.165) is 44.1 Å². The molecule has 0 atom stereocenters. The summed E-state index contributed by atoms with van der Waals surface area (Å²) >= 11 is 0. The molecule has 1 aromatic heterocycles. The second-order valence-corrected chi connectivity index (χ2v) is 5.70. The monoisotopic (exact) mass is 281 g/mol. The molecular formula is C18H23N3. The van der Waals surface area contributed by atoms with Crippen LogP contribution in [0.25, 0.3) is 10.8 Å². The van der Waals surface area contributed by atoms with Crippen molar-refractivity contribution in [1.82, 2.24) is 10.3 Å². The Morgan fingerprint density at radius 2 is 2.14 bits per heavy atom. The summed E-state index contributed by atoms with van der Waals surface area (Å²) in [5.74, 6) is 1.13. The van der Waals surface area contributed by atoms with Crippen molar-refractivity contribution in [1.29, 1.82) is 0 Å². The summed E-state index contributed by atoms with van der Waals surface area (Å²) in [4.78, 5) is 7.34. The van der Waals surface area contributed by atoms with Crippen molar-refractivity contribution in [3.63, 3.8) is 0 Å². The van der Waals surface area contributed by atoms with Gasteiger partial charge in [-0.05, 0) is 31.3 Å². The van der Waals surface area contributed by atoms with Crippen molar-refractivity contribution in [2.24, 2.45) is 0 Å². The maximum Gasteiger partial charge on any atom is 0.137 e.